The summed E-state index contributed by atoms with van der Waals surface area (Å²) in [5, 5.41) is 30.4. The highest BCUT2D eigenvalue weighted by Crippen LogP contribution is 2.47. The van der Waals surface area contributed by atoms with Crippen molar-refractivity contribution in [1.82, 2.24) is 0 Å². The van der Waals surface area contributed by atoms with Gasteiger partial charge in [-0.15, -0.1) is 0 Å². The molecule has 5 heteroatoms. The Morgan fingerprint density at radius 3 is 1.56 bits per heavy atom. The molecule has 3 N–H and O–H groups in total. The predicted molar refractivity (Wildman–Crippen MR) is 136 cm³/mol. The van der Waals surface area contributed by atoms with Gasteiger partial charge in [0.25, 0.3) is 0 Å². The minimum absolute atomic E-state index is 0.130. The zero-order valence-electron chi connectivity index (χ0n) is 20.0. The Kier molecular flexibility index (Phi) is 6.12. The van der Waals surface area contributed by atoms with Crippen LogP contribution in [-0.2, 0) is 0 Å². The Balaban J connectivity index is 2.00. The first-order valence-corrected chi connectivity index (χ1v) is 11.1. The second kappa shape index (κ2) is 9.02. The molecule has 0 saturated carbocycles. The van der Waals surface area contributed by atoms with Crippen LogP contribution in [0.5, 0.6) is 28.7 Å². The van der Waals surface area contributed by atoms with E-state index in [-0.39, 0.29) is 17.2 Å². The second-order valence-electron chi connectivity index (χ2n) is 8.71. The smallest absolute Gasteiger partial charge is 0.151 e. The van der Waals surface area contributed by atoms with E-state index in [0.717, 1.165) is 44.9 Å². The molecule has 0 atom stereocenters. The van der Waals surface area contributed by atoms with Crippen LogP contribution in [0.25, 0.3) is 0 Å². The summed E-state index contributed by atoms with van der Waals surface area (Å²) in [4.78, 5) is 2.11. The number of hydrogen-bond acceptors (Lipinski definition) is 5. The highest BCUT2D eigenvalue weighted by Gasteiger charge is 2.24. The summed E-state index contributed by atoms with van der Waals surface area (Å²) < 4.78 is 6.35. The Bertz CT molecular complexity index is 1270. The second-order valence-corrected chi connectivity index (χ2v) is 8.71. The molecular formula is C29H29NO4. The quantitative estimate of drug-likeness (QED) is 0.289. The van der Waals surface area contributed by atoms with Crippen LogP contribution >= 0.6 is 0 Å². The SMILES string of the molecule is Cc1ccc(O)cc1Oc1ccccc1N(c1c(C)cc(O)cc1C)c1c(C)cc(O)cc1C. The fourth-order valence-electron chi connectivity index (χ4n) is 4.47. The van der Waals surface area contributed by atoms with Crippen molar-refractivity contribution in [2.24, 2.45) is 0 Å². The molecule has 0 heterocycles. The summed E-state index contributed by atoms with van der Waals surface area (Å²) in [5.41, 5.74) is 7.10. The maximum atomic E-state index is 10.2. The van der Waals surface area contributed by atoms with E-state index >= 15 is 0 Å². The molecule has 4 rings (SSSR count). The average molecular weight is 456 g/mol. The van der Waals surface area contributed by atoms with Crippen LogP contribution in [0.1, 0.15) is 27.8 Å². The molecule has 0 unspecified atom stereocenters. The van der Waals surface area contributed by atoms with Gasteiger partial charge in [-0.1, -0.05) is 18.2 Å². The molecule has 0 amide bonds. The fourth-order valence-corrected chi connectivity index (χ4v) is 4.47. The monoisotopic (exact) mass is 455 g/mol. The maximum absolute atomic E-state index is 10.2. The fraction of sp³-hybridized carbons (Fsp3) is 0.172. The molecular weight excluding hydrogens is 426 g/mol. The number of phenolic OH excluding ortho intramolecular Hbond substituents is 3. The minimum Gasteiger partial charge on any atom is -0.508 e. The summed E-state index contributed by atoms with van der Waals surface area (Å²) in [6, 6.07) is 19.7. The van der Waals surface area contributed by atoms with Gasteiger partial charge < -0.3 is 25.0 Å². The van der Waals surface area contributed by atoms with Crippen LogP contribution in [0.4, 0.5) is 17.1 Å². The number of aromatic hydroxyl groups is 3. The van der Waals surface area contributed by atoms with Crippen molar-refractivity contribution >= 4 is 17.1 Å². The third-order valence-corrected chi connectivity index (χ3v) is 5.90. The molecule has 0 aliphatic heterocycles. The lowest BCUT2D eigenvalue weighted by molar-refractivity contribution is 0.453. The summed E-state index contributed by atoms with van der Waals surface area (Å²) in [7, 11) is 0. The van der Waals surface area contributed by atoms with Crippen LogP contribution in [-0.4, -0.2) is 15.3 Å². The summed E-state index contributed by atoms with van der Waals surface area (Å²) in [6.45, 7) is 9.77. The molecule has 174 valence electrons. The van der Waals surface area contributed by atoms with Gasteiger partial charge >= 0.3 is 0 Å². The lowest BCUT2D eigenvalue weighted by Crippen LogP contribution is -2.16. The first-order valence-electron chi connectivity index (χ1n) is 11.1. The van der Waals surface area contributed by atoms with E-state index in [1.165, 1.54) is 0 Å². The molecule has 0 bridgehead atoms. The van der Waals surface area contributed by atoms with E-state index in [4.69, 9.17) is 4.74 Å². The third kappa shape index (κ3) is 4.37. The van der Waals surface area contributed by atoms with Crippen molar-refractivity contribution < 1.29 is 20.1 Å². The van der Waals surface area contributed by atoms with Crippen molar-refractivity contribution in [1.29, 1.82) is 0 Å². The molecule has 0 aromatic heterocycles. The van der Waals surface area contributed by atoms with Crippen molar-refractivity contribution in [2.75, 3.05) is 4.90 Å². The number of rotatable bonds is 5. The van der Waals surface area contributed by atoms with E-state index in [0.29, 0.717) is 11.5 Å². The van der Waals surface area contributed by atoms with Crippen LogP contribution in [0.3, 0.4) is 0 Å². The average Bonchev–Trinajstić information content (AvgIpc) is 2.74. The lowest BCUT2D eigenvalue weighted by Gasteiger charge is -2.32. The van der Waals surface area contributed by atoms with Crippen molar-refractivity contribution in [3.63, 3.8) is 0 Å². The molecule has 5 nitrogen and oxygen atoms in total. The number of aryl methyl sites for hydroxylation is 5. The molecule has 34 heavy (non-hydrogen) atoms. The van der Waals surface area contributed by atoms with Gasteiger partial charge in [-0.25, -0.2) is 0 Å². The lowest BCUT2D eigenvalue weighted by atomic mass is 10.0. The van der Waals surface area contributed by atoms with Gasteiger partial charge in [0.15, 0.2) is 5.75 Å². The zero-order valence-corrected chi connectivity index (χ0v) is 20.0. The number of hydrogen-bond donors (Lipinski definition) is 3. The number of benzene rings is 4. The van der Waals surface area contributed by atoms with E-state index in [2.05, 4.69) is 4.90 Å². The van der Waals surface area contributed by atoms with Crippen molar-refractivity contribution in [3.05, 3.63) is 94.5 Å². The third-order valence-electron chi connectivity index (χ3n) is 5.90. The molecule has 0 aliphatic rings. The normalized spacial score (nSPS) is 10.9. The van der Waals surface area contributed by atoms with Gasteiger partial charge in [0, 0.05) is 6.07 Å². The predicted octanol–water partition coefficient (Wildman–Crippen LogP) is 7.61. The summed E-state index contributed by atoms with van der Waals surface area (Å²) in [6.07, 6.45) is 0. The van der Waals surface area contributed by atoms with E-state index in [1.54, 1.807) is 36.4 Å². The van der Waals surface area contributed by atoms with Gasteiger partial charge in [-0.3, -0.25) is 0 Å². The van der Waals surface area contributed by atoms with Crippen LogP contribution < -0.4 is 9.64 Å². The van der Waals surface area contributed by atoms with Gasteiger partial charge in [0.2, 0.25) is 0 Å². The molecule has 0 spiro atoms. The molecule has 0 radical (unpaired) electrons. The topological polar surface area (TPSA) is 73.2 Å². The maximum Gasteiger partial charge on any atom is 0.151 e. The Morgan fingerprint density at radius 1 is 0.529 bits per heavy atom. The molecule has 0 aliphatic carbocycles. The molecule has 4 aromatic carbocycles. The largest absolute Gasteiger partial charge is 0.508 e. The first-order chi connectivity index (χ1) is 16.2. The van der Waals surface area contributed by atoms with Gasteiger partial charge in [-0.05, 0) is 105 Å². The highest BCUT2D eigenvalue weighted by atomic mass is 16.5. The number of ether oxygens (including phenoxy) is 1. The van der Waals surface area contributed by atoms with Crippen LogP contribution in [0, 0.1) is 34.6 Å². The molecule has 4 aromatic rings. The number of anilines is 3. The van der Waals surface area contributed by atoms with Gasteiger partial charge in [0.05, 0.1) is 17.1 Å². The molecule has 0 saturated heterocycles. The van der Waals surface area contributed by atoms with Crippen molar-refractivity contribution in [3.8, 4) is 28.7 Å². The Hall–Kier alpha value is -4.12. The Labute approximate surface area is 200 Å². The van der Waals surface area contributed by atoms with E-state index < -0.39 is 0 Å². The van der Waals surface area contributed by atoms with Crippen molar-refractivity contribution in [2.45, 2.75) is 34.6 Å². The van der Waals surface area contributed by atoms with Crippen LogP contribution in [0.15, 0.2) is 66.7 Å². The van der Waals surface area contributed by atoms with Gasteiger partial charge in [0.1, 0.15) is 23.0 Å². The van der Waals surface area contributed by atoms with E-state index in [9.17, 15) is 15.3 Å². The summed E-state index contributed by atoms with van der Waals surface area (Å²) >= 11 is 0. The standard InChI is InChI=1S/C29H29NO4/c1-17-10-11-22(31)16-27(17)34-26-9-7-6-8-25(26)30(28-18(2)12-23(32)13-19(28)3)29-20(4)14-24(33)15-21(29)5/h6-16,31-33H,1-5H3. The van der Waals surface area contributed by atoms with E-state index in [1.807, 2.05) is 65.0 Å². The molecule has 0 fully saturated rings. The minimum atomic E-state index is 0.130. The van der Waals surface area contributed by atoms with Gasteiger partial charge in [-0.2, -0.15) is 0 Å². The zero-order chi connectivity index (χ0) is 24.6. The van der Waals surface area contributed by atoms with Crippen LogP contribution in [0.2, 0.25) is 0 Å². The highest BCUT2D eigenvalue weighted by molar-refractivity contribution is 5.86. The number of phenols is 3. The number of para-hydroxylation sites is 2. The summed E-state index contributed by atoms with van der Waals surface area (Å²) in [5.74, 6) is 1.71. The number of nitrogens with zero attached hydrogens (tertiary/aromatic N) is 1. The Morgan fingerprint density at radius 2 is 1.03 bits per heavy atom. The first kappa shape index (κ1) is 23.1.